The Morgan fingerprint density at radius 2 is 1.21 bits per heavy atom. The molecular weight excluding hydrogens is 424 g/mol. The summed E-state index contributed by atoms with van der Waals surface area (Å²) in [5, 5.41) is 23.0. The third-order valence-corrected chi connectivity index (χ3v) is 5.23. The molecular formula is C17H30N2O8S2. The zero-order valence-corrected chi connectivity index (χ0v) is 19.1. The van der Waals surface area contributed by atoms with Crippen molar-refractivity contribution in [3.05, 3.63) is 0 Å². The highest BCUT2D eigenvalue weighted by molar-refractivity contribution is 8.76. The minimum Gasteiger partial charge on any atom is -0.480 e. The molecule has 0 rings (SSSR count). The Labute approximate surface area is 178 Å². The van der Waals surface area contributed by atoms with Crippen LogP contribution in [0.2, 0.25) is 0 Å². The van der Waals surface area contributed by atoms with Crippen LogP contribution >= 0.6 is 21.6 Å². The molecule has 0 spiro atoms. The van der Waals surface area contributed by atoms with Gasteiger partial charge in [-0.15, -0.1) is 0 Å². The average molecular weight is 455 g/mol. The molecule has 168 valence electrons. The fraction of sp³-hybridized carbons (Fsp3) is 0.765. The van der Waals surface area contributed by atoms with E-state index < -0.39 is 47.4 Å². The van der Waals surface area contributed by atoms with Crippen LogP contribution in [0.1, 0.15) is 48.0 Å². The van der Waals surface area contributed by atoms with Crippen molar-refractivity contribution in [1.29, 1.82) is 0 Å². The first-order valence-corrected chi connectivity index (χ1v) is 11.3. The predicted octanol–water partition coefficient (Wildman–Crippen LogP) is 2.71. The van der Waals surface area contributed by atoms with Gasteiger partial charge in [0.25, 0.3) is 0 Å². The maximum atomic E-state index is 11.7. The summed E-state index contributed by atoms with van der Waals surface area (Å²) in [6.45, 7) is 9.99. The number of alkyl carbamates (subject to hydrolysis) is 2. The lowest BCUT2D eigenvalue weighted by Crippen LogP contribution is -2.44. The minimum absolute atomic E-state index is 0.0521. The summed E-state index contributed by atoms with van der Waals surface area (Å²) in [5.41, 5.74) is -1.49. The van der Waals surface area contributed by atoms with Crippen molar-refractivity contribution in [2.75, 3.05) is 11.5 Å². The van der Waals surface area contributed by atoms with Gasteiger partial charge in [0, 0.05) is 11.5 Å². The van der Waals surface area contributed by atoms with Gasteiger partial charge in [-0.2, -0.15) is 0 Å². The second-order valence-electron chi connectivity index (χ2n) is 7.97. The molecule has 0 aromatic heterocycles. The minimum atomic E-state index is -1.21. The number of nitrogens with one attached hydrogen (secondary N) is 2. The molecule has 0 bridgehead atoms. The molecule has 2 atom stereocenters. The van der Waals surface area contributed by atoms with Gasteiger partial charge >= 0.3 is 24.1 Å². The Morgan fingerprint density at radius 3 is 1.59 bits per heavy atom. The van der Waals surface area contributed by atoms with Gasteiger partial charge in [0.1, 0.15) is 23.3 Å². The van der Waals surface area contributed by atoms with E-state index in [9.17, 15) is 29.4 Å². The number of carbonyl (C=O) groups is 4. The molecule has 0 aromatic carbocycles. The smallest absolute Gasteiger partial charge is 0.408 e. The third kappa shape index (κ3) is 14.8. The number of carbonyl (C=O) groups excluding carboxylic acids is 2. The summed E-state index contributed by atoms with van der Waals surface area (Å²) in [5.74, 6) is -2.03. The van der Waals surface area contributed by atoms with Gasteiger partial charge < -0.3 is 30.3 Å². The standard InChI is InChI=1S/C17H30N2O8S2/c1-16(2,3)26-14(24)18-10(12(20)21)7-8-28-29-9-11(13(22)23)19-15(25)27-17(4,5)6/h10-11H,7-9H2,1-6H3,(H,18,24)(H,19,25)(H,20,21)(H,22,23)/t10-,11-/m0/s1. The summed E-state index contributed by atoms with van der Waals surface area (Å²) in [6, 6.07) is -2.29. The molecule has 29 heavy (non-hydrogen) atoms. The second-order valence-corrected chi connectivity index (χ2v) is 10.6. The molecule has 12 heteroatoms. The summed E-state index contributed by atoms with van der Waals surface area (Å²) in [7, 11) is 2.39. The highest BCUT2D eigenvalue weighted by Gasteiger charge is 2.25. The van der Waals surface area contributed by atoms with Crippen LogP contribution in [0.25, 0.3) is 0 Å². The van der Waals surface area contributed by atoms with Gasteiger partial charge in [-0.3, -0.25) is 0 Å². The Balaban J connectivity index is 4.39. The third-order valence-electron chi connectivity index (χ3n) is 2.79. The first kappa shape index (κ1) is 27.2. The zero-order valence-electron chi connectivity index (χ0n) is 17.4. The van der Waals surface area contributed by atoms with E-state index in [0.717, 1.165) is 10.8 Å². The largest absolute Gasteiger partial charge is 0.480 e. The zero-order chi connectivity index (χ0) is 22.8. The molecule has 0 aromatic rings. The lowest BCUT2D eigenvalue weighted by atomic mass is 10.2. The van der Waals surface area contributed by atoms with Crippen LogP contribution in [0.15, 0.2) is 0 Å². The van der Waals surface area contributed by atoms with E-state index in [-0.39, 0.29) is 12.2 Å². The monoisotopic (exact) mass is 454 g/mol. The number of hydrogen-bond acceptors (Lipinski definition) is 8. The molecule has 0 aliphatic heterocycles. The maximum absolute atomic E-state index is 11.7. The normalized spacial score (nSPS) is 13.7. The Morgan fingerprint density at radius 1 is 0.793 bits per heavy atom. The first-order chi connectivity index (χ1) is 13.1. The van der Waals surface area contributed by atoms with Crippen molar-refractivity contribution in [3.63, 3.8) is 0 Å². The fourth-order valence-electron chi connectivity index (χ4n) is 1.67. The Kier molecular flexibility index (Phi) is 11.3. The molecule has 0 saturated carbocycles. The van der Waals surface area contributed by atoms with E-state index in [0.29, 0.717) is 5.75 Å². The van der Waals surface area contributed by atoms with Crippen LogP contribution in [0, 0.1) is 0 Å². The number of carboxylic acid groups (broad SMARTS) is 2. The van der Waals surface area contributed by atoms with Crippen LogP contribution in [-0.4, -0.2) is 69.1 Å². The Bertz CT molecular complexity index is 537. The van der Waals surface area contributed by atoms with Crippen molar-refractivity contribution in [2.45, 2.75) is 71.2 Å². The second kappa shape index (κ2) is 12.0. The first-order valence-electron chi connectivity index (χ1n) is 8.80. The molecule has 0 heterocycles. The van der Waals surface area contributed by atoms with Gasteiger partial charge in [-0.1, -0.05) is 21.6 Å². The number of rotatable bonds is 10. The Hall–Kier alpha value is -1.82. The lowest BCUT2D eigenvalue weighted by Gasteiger charge is -2.22. The molecule has 4 N–H and O–H groups in total. The van der Waals surface area contributed by atoms with E-state index in [1.54, 1.807) is 41.5 Å². The van der Waals surface area contributed by atoms with Crippen LogP contribution in [0.4, 0.5) is 9.59 Å². The van der Waals surface area contributed by atoms with Gasteiger partial charge in [0.2, 0.25) is 0 Å². The maximum Gasteiger partial charge on any atom is 0.408 e. The van der Waals surface area contributed by atoms with Crippen molar-refractivity contribution >= 4 is 45.7 Å². The molecule has 0 aliphatic carbocycles. The van der Waals surface area contributed by atoms with Gasteiger partial charge in [-0.05, 0) is 48.0 Å². The molecule has 0 radical (unpaired) electrons. The summed E-state index contributed by atoms with van der Waals surface area (Å²) in [4.78, 5) is 45.9. The summed E-state index contributed by atoms with van der Waals surface area (Å²) in [6.07, 6.45) is -1.54. The highest BCUT2D eigenvalue weighted by atomic mass is 33.1. The molecule has 10 nitrogen and oxygen atoms in total. The SMILES string of the molecule is CC(C)(C)OC(=O)N[C@@H](CCSSC[C@H](NC(=O)OC(C)(C)C)C(=O)O)C(=O)O. The van der Waals surface area contributed by atoms with Gasteiger partial charge in [-0.25, -0.2) is 19.2 Å². The number of carboxylic acids is 2. The number of ether oxygens (including phenoxy) is 2. The number of hydrogen-bond donors (Lipinski definition) is 4. The van der Waals surface area contributed by atoms with E-state index in [2.05, 4.69) is 10.6 Å². The molecule has 0 aliphatic rings. The molecule has 0 saturated heterocycles. The summed E-state index contributed by atoms with van der Waals surface area (Å²) < 4.78 is 10.1. The lowest BCUT2D eigenvalue weighted by molar-refractivity contribution is -0.140. The molecule has 0 fully saturated rings. The summed E-state index contributed by atoms with van der Waals surface area (Å²) >= 11 is 0. The van der Waals surface area contributed by atoms with Crippen molar-refractivity contribution in [1.82, 2.24) is 10.6 Å². The molecule has 0 unspecified atom stereocenters. The van der Waals surface area contributed by atoms with E-state index in [1.165, 1.54) is 10.8 Å². The fourth-order valence-corrected chi connectivity index (χ4v) is 3.92. The number of amides is 2. The van der Waals surface area contributed by atoms with Gasteiger partial charge in [0.05, 0.1) is 0 Å². The van der Waals surface area contributed by atoms with E-state index in [4.69, 9.17) is 9.47 Å². The van der Waals surface area contributed by atoms with Crippen LogP contribution in [-0.2, 0) is 19.1 Å². The average Bonchev–Trinajstić information content (AvgIpc) is 2.48. The van der Waals surface area contributed by atoms with Crippen molar-refractivity contribution in [3.8, 4) is 0 Å². The van der Waals surface area contributed by atoms with Crippen LogP contribution < -0.4 is 10.6 Å². The quantitative estimate of drug-likeness (QED) is 0.286. The van der Waals surface area contributed by atoms with E-state index >= 15 is 0 Å². The van der Waals surface area contributed by atoms with Crippen molar-refractivity contribution < 1.29 is 38.9 Å². The highest BCUT2D eigenvalue weighted by Crippen LogP contribution is 2.24. The van der Waals surface area contributed by atoms with Gasteiger partial charge in [0.15, 0.2) is 0 Å². The molecule has 2 amide bonds. The van der Waals surface area contributed by atoms with Crippen LogP contribution in [0.3, 0.4) is 0 Å². The van der Waals surface area contributed by atoms with Crippen LogP contribution in [0.5, 0.6) is 0 Å². The van der Waals surface area contributed by atoms with E-state index in [1.807, 2.05) is 0 Å². The predicted molar refractivity (Wildman–Crippen MR) is 111 cm³/mol. The van der Waals surface area contributed by atoms with Crippen molar-refractivity contribution in [2.24, 2.45) is 0 Å². The topological polar surface area (TPSA) is 151 Å². The number of aliphatic carboxylic acids is 2.